The van der Waals surface area contributed by atoms with Crippen LogP contribution in [0.2, 0.25) is 0 Å². The molecule has 0 saturated carbocycles. The van der Waals surface area contributed by atoms with Crippen LogP contribution >= 0.6 is 11.3 Å². The summed E-state index contributed by atoms with van der Waals surface area (Å²) in [4.78, 5) is 11.4. The second-order valence-electron chi connectivity index (χ2n) is 2.63. The lowest BCUT2D eigenvalue weighted by Crippen LogP contribution is -2.19. The summed E-state index contributed by atoms with van der Waals surface area (Å²) >= 11 is 1.47. The van der Waals surface area contributed by atoms with Crippen LogP contribution in [0, 0.1) is 11.8 Å². The average molecular weight is 209 g/mol. The lowest BCUT2D eigenvalue weighted by atomic mass is 10.2. The van der Waals surface area contributed by atoms with Crippen molar-refractivity contribution in [2.45, 2.75) is 13.5 Å². The lowest BCUT2D eigenvalue weighted by Gasteiger charge is -1.92. The van der Waals surface area contributed by atoms with Gasteiger partial charge in [-0.3, -0.25) is 4.79 Å². The van der Waals surface area contributed by atoms with E-state index in [1.807, 2.05) is 11.4 Å². The molecule has 1 aromatic heterocycles. The van der Waals surface area contributed by atoms with Crippen molar-refractivity contribution in [3.63, 3.8) is 0 Å². The fraction of sp³-hybridized carbons (Fsp3) is 0.300. The summed E-state index contributed by atoms with van der Waals surface area (Å²) in [5.41, 5.74) is 0.836. The minimum atomic E-state index is -0.0907. The van der Waals surface area contributed by atoms with Gasteiger partial charge in [0.1, 0.15) is 0 Å². The van der Waals surface area contributed by atoms with E-state index in [9.17, 15) is 4.79 Å². The third kappa shape index (κ3) is 3.21. The van der Waals surface area contributed by atoms with Crippen LogP contribution in [0.5, 0.6) is 0 Å². The van der Waals surface area contributed by atoms with Crippen LogP contribution in [-0.2, 0) is 11.4 Å². The molecule has 74 valence electrons. The molecule has 4 heteroatoms. The highest BCUT2D eigenvalue weighted by atomic mass is 32.1. The van der Waals surface area contributed by atoms with E-state index in [2.05, 4.69) is 17.2 Å². The molecule has 0 aliphatic carbocycles. The van der Waals surface area contributed by atoms with E-state index >= 15 is 0 Å². The van der Waals surface area contributed by atoms with Crippen LogP contribution in [0.1, 0.15) is 17.4 Å². The normalized spacial score (nSPS) is 9.00. The first kappa shape index (κ1) is 10.8. The third-order valence-electron chi connectivity index (χ3n) is 1.54. The van der Waals surface area contributed by atoms with Crippen molar-refractivity contribution in [1.29, 1.82) is 0 Å². The molecule has 0 fully saturated rings. The number of hydrogen-bond acceptors (Lipinski definition) is 3. The van der Waals surface area contributed by atoms with Crippen molar-refractivity contribution in [2.75, 3.05) is 6.54 Å². The molecule has 1 heterocycles. The van der Waals surface area contributed by atoms with E-state index in [1.165, 1.54) is 18.3 Å². The van der Waals surface area contributed by atoms with Crippen molar-refractivity contribution in [1.82, 2.24) is 5.32 Å². The Kier molecular flexibility index (Phi) is 4.17. The standard InChI is InChI=1S/C10H11NO2S/c1-8(13)11-5-2-3-9-4-6-14-10(9)7-12/h4,6,12H,5,7H2,1H3,(H,11,13). The van der Waals surface area contributed by atoms with Crippen LogP contribution in [0.3, 0.4) is 0 Å². The van der Waals surface area contributed by atoms with Crippen molar-refractivity contribution >= 4 is 17.2 Å². The molecule has 0 radical (unpaired) electrons. The van der Waals surface area contributed by atoms with Gasteiger partial charge in [0, 0.05) is 17.4 Å². The van der Waals surface area contributed by atoms with Gasteiger partial charge in [-0.25, -0.2) is 0 Å². The van der Waals surface area contributed by atoms with Crippen LogP contribution in [0.15, 0.2) is 11.4 Å². The summed E-state index contributed by atoms with van der Waals surface area (Å²) in [6.45, 7) is 1.81. The highest BCUT2D eigenvalue weighted by molar-refractivity contribution is 7.10. The maximum absolute atomic E-state index is 10.5. The number of carbonyl (C=O) groups is 1. The van der Waals surface area contributed by atoms with Gasteiger partial charge in [-0.1, -0.05) is 11.8 Å². The van der Waals surface area contributed by atoms with Crippen molar-refractivity contribution in [3.05, 3.63) is 21.9 Å². The van der Waals surface area contributed by atoms with Crippen molar-refractivity contribution < 1.29 is 9.90 Å². The molecule has 0 spiro atoms. The fourth-order valence-electron chi connectivity index (χ4n) is 0.883. The fourth-order valence-corrected chi connectivity index (χ4v) is 1.57. The minimum Gasteiger partial charge on any atom is -0.391 e. The molecular formula is C10H11NO2S. The predicted molar refractivity (Wildman–Crippen MR) is 55.8 cm³/mol. The Morgan fingerprint density at radius 3 is 3.14 bits per heavy atom. The van der Waals surface area contributed by atoms with Gasteiger partial charge in [-0.15, -0.1) is 11.3 Å². The zero-order chi connectivity index (χ0) is 10.4. The molecule has 1 amide bonds. The van der Waals surface area contributed by atoms with Crippen molar-refractivity contribution in [2.24, 2.45) is 0 Å². The number of hydrogen-bond donors (Lipinski definition) is 2. The molecule has 0 saturated heterocycles. The van der Waals surface area contributed by atoms with E-state index in [4.69, 9.17) is 5.11 Å². The number of amides is 1. The number of aliphatic hydroxyl groups is 1. The molecule has 3 nitrogen and oxygen atoms in total. The van der Waals surface area contributed by atoms with Gasteiger partial charge >= 0.3 is 0 Å². The van der Waals surface area contributed by atoms with Gasteiger partial charge in [-0.05, 0) is 11.4 Å². The van der Waals surface area contributed by atoms with Crippen LogP contribution < -0.4 is 5.32 Å². The third-order valence-corrected chi connectivity index (χ3v) is 2.44. The molecule has 1 aromatic rings. The largest absolute Gasteiger partial charge is 0.391 e. The molecule has 0 aliphatic rings. The summed E-state index contributed by atoms with van der Waals surface area (Å²) in [5, 5.41) is 13.4. The minimum absolute atomic E-state index is 0.0157. The Bertz CT molecular complexity index is 373. The number of thiophene rings is 1. The zero-order valence-corrected chi connectivity index (χ0v) is 8.65. The Morgan fingerprint density at radius 2 is 2.50 bits per heavy atom. The SMILES string of the molecule is CC(=O)NCC#Cc1ccsc1CO. The van der Waals surface area contributed by atoms with Gasteiger partial charge in [0.15, 0.2) is 0 Å². The van der Waals surface area contributed by atoms with E-state index in [-0.39, 0.29) is 12.5 Å². The highest BCUT2D eigenvalue weighted by Gasteiger charge is 1.98. The van der Waals surface area contributed by atoms with E-state index in [0.29, 0.717) is 6.54 Å². The Hall–Kier alpha value is -1.31. The number of aliphatic hydroxyl groups excluding tert-OH is 1. The summed E-state index contributed by atoms with van der Waals surface area (Å²) in [6, 6.07) is 1.86. The summed E-state index contributed by atoms with van der Waals surface area (Å²) in [5.74, 6) is 5.60. The summed E-state index contributed by atoms with van der Waals surface area (Å²) < 4.78 is 0. The maximum Gasteiger partial charge on any atom is 0.217 e. The van der Waals surface area contributed by atoms with Gasteiger partial charge < -0.3 is 10.4 Å². The average Bonchev–Trinajstić information content (AvgIpc) is 2.59. The van der Waals surface area contributed by atoms with E-state index in [1.54, 1.807) is 0 Å². The first-order valence-electron chi connectivity index (χ1n) is 4.14. The molecule has 14 heavy (non-hydrogen) atoms. The molecule has 2 N–H and O–H groups in total. The molecule has 0 atom stereocenters. The predicted octanol–water partition coefficient (Wildman–Crippen LogP) is 0.728. The molecule has 1 rings (SSSR count). The molecular weight excluding hydrogens is 198 g/mol. The number of carbonyl (C=O) groups excluding carboxylic acids is 1. The van der Waals surface area contributed by atoms with Crippen LogP contribution in [0.25, 0.3) is 0 Å². The Morgan fingerprint density at radius 1 is 1.71 bits per heavy atom. The second kappa shape index (κ2) is 5.43. The zero-order valence-electron chi connectivity index (χ0n) is 7.83. The second-order valence-corrected chi connectivity index (χ2v) is 3.63. The van der Waals surface area contributed by atoms with Gasteiger partial charge in [0.25, 0.3) is 0 Å². The first-order valence-corrected chi connectivity index (χ1v) is 5.02. The molecule has 0 bridgehead atoms. The monoisotopic (exact) mass is 209 g/mol. The highest BCUT2D eigenvalue weighted by Crippen LogP contribution is 2.14. The van der Waals surface area contributed by atoms with E-state index in [0.717, 1.165) is 10.4 Å². The first-order chi connectivity index (χ1) is 6.74. The van der Waals surface area contributed by atoms with Gasteiger partial charge in [0.05, 0.1) is 13.2 Å². The van der Waals surface area contributed by atoms with E-state index < -0.39 is 0 Å². The molecule has 0 aliphatic heterocycles. The van der Waals surface area contributed by atoms with Crippen molar-refractivity contribution in [3.8, 4) is 11.8 Å². The number of rotatable bonds is 2. The van der Waals surface area contributed by atoms with Gasteiger partial charge in [-0.2, -0.15) is 0 Å². The Balaban J connectivity index is 2.54. The van der Waals surface area contributed by atoms with Gasteiger partial charge in [0.2, 0.25) is 5.91 Å². The summed E-state index contributed by atoms with van der Waals surface area (Å²) in [7, 11) is 0. The summed E-state index contributed by atoms with van der Waals surface area (Å²) in [6.07, 6.45) is 0. The molecule has 0 aromatic carbocycles. The number of nitrogens with one attached hydrogen (secondary N) is 1. The quantitative estimate of drug-likeness (QED) is 0.705. The smallest absolute Gasteiger partial charge is 0.217 e. The molecule has 0 unspecified atom stereocenters. The maximum atomic E-state index is 10.5. The topological polar surface area (TPSA) is 49.3 Å². The lowest BCUT2D eigenvalue weighted by molar-refractivity contribution is -0.118. The van der Waals surface area contributed by atoms with Crippen LogP contribution in [-0.4, -0.2) is 17.6 Å². The van der Waals surface area contributed by atoms with Crippen LogP contribution in [0.4, 0.5) is 0 Å². The Labute approximate surface area is 86.8 Å².